The van der Waals surface area contributed by atoms with Crippen LogP contribution in [0.4, 0.5) is 5.69 Å². The van der Waals surface area contributed by atoms with Crippen LogP contribution in [0.1, 0.15) is 29.0 Å². The van der Waals surface area contributed by atoms with Crippen LogP contribution in [0.5, 0.6) is 11.5 Å². The van der Waals surface area contributed by atoms with Crippen molar-refractivity contribution in [1.82, 2.24) is 0 Å². The number of phenols is 1. The van der Waals surface area contributed by atoms with E-state index in [1.807, 2.05) is 72.5 Å². The number of rotatable bonds is 2. The summed E-state index contributed by atoms with van der Waals surface area (Å²) >= 11 is 0. The van der Waals surface area contributed by atoms with E-state index in [2.05, 4.69) is 6.07 Å². The summed E-state index contributed by atoms with van der Waals surface area (Å²) in [5, 5.41) is 20.3. The second-order valence-electron chi connectivity index (χ2n) is 6.34. The Morgan fingerprint density at radius 3 is 2.27 bits per heavy atom. The normalized spacial score (nSPS) is 18.5. The number of phenolic OH excluding ortho intramolecular Hbond substituents is 1. The van der Waals surface area contributed by atoms with E-state index in [0.717, 1.165) is 16.8 Å². The number of hydrogen-bond acceptors (Lipinski definition) is 4. The molecule has 2 atom stereocenters. The van der Waals surface area contributed by atoms with E-state index in [1.165, 1.54) is 0 Å². The highest BCUT2D eigenvalue weighted by Crippen LogP contribution is 2.46. The standard InChI is InChI=1S/C22H18N2O2/c1-15-10-12-16(13-11-15)24-19(14-23)17-6-3-5-9-21(17)26-22(24)18-7-2-4-8-20(18)25/h2-13,19,22,25H,1H3/t19-,22-/m0/s1. The maximum Gasteiger partial charge on any atom is 0.203 e. The first-order valence-electron chi connectivity index (χ1n) is 8.47. The van der Waals surface area contributed by atoms with Crippen molar-refractivity contribution in [2.75, 3.05) is 4.90 Å². The van der Waals surface area contributed by atoms with E-state index < -0.39 is 12.3 Å². The highest BCUT2D eigenvalue weighted by molar-refractivity contribution is 5.58. The van der Waals surface area contributed by atoms with Gasteiger partial charge in [0.15, 0.2) is 0 Å². The first-order chi connectivity index (χ1) is 12.7. The molecule has 3 aromatic rings. The van der Waals surface area contributed by atoms with Crippen molar-refractivity contribution in [1.29, 1.82) is 5.26 Å². The molecular weight excluding hydrogens is 324 g/mol. The highest BCUT2D eigenvalue weighted by atomic mass is 16.5. The number of nitriles is 1. The van der Waals surface area contributed by atoms with Gasteiger partial charge in [-0.3, -0.25) is 0 Å². The fourth-order valence-electron chi connectivity index (χ4n) is 3.32. The number of aromatic hydroxyl groups is 1. The van der Waals surface area contributed by atoms with Crippen molar-refractivity contribution < 1.29 is 9.84 Å². The molecule has 3 aromatic carbocycles. The molecule has 4 rings (SSSR count). The average Bonchev–Trinajstić information content (AvgIpc) is 2.67. The molecule has 4 nitrogen and oxygen atoms in total. The maximum atomic E-state index is 10.4. The molecule has 0 saturated heterocycles. The molecule has 0 fully saturated rings. The zero-order chi connectivity index (χ0) is 18.1. The van der Waals surface area contributed by atoms with Crippen LogP contribution in [0, 0.1) is 18.3 Å². The molecule has 1 aliphatic rings. The van der Waals surface area contributed by atoms with Gasteiger partial charge in [0, 0.05) is 11.3 Å². The Balaban J connectivity index is 1.91. The van der Waals surface area contributed by atoms with Gasteiger partial charge in [0.2, 0.25) is 6.23 Å². The first-order valence-corrected chi connectivity index (χ1v) is 8.47. The number of benzene rings is 3. The predicted octanol–water partition coefficient (Wildman–Crippen LogP) is 4.86. The minimum absolute atomic E-state index is 0.144. The van der Waals surface area contributed by atoms with Crippen molar-refractivity contribution in [2.24, 2.45) is 0 Å². The average molecular weight is 342 g/mol. The van der Waals surface area contributed by atoms with Crippen LogP contribution < -0.4 is 9.64 Å². The van der Waals surface area contributed by atoms with Crippen LogP contribution in [0.25, 0.3) is 0 Å². The van der Waals surface area contributed by atoms with E-state index in [9.17, 15) is 10.4 Å². The topological polar surface area (TPSA) is 56.5 Å². The highest BCUT2D eigenvalue weighted by Gasteiger charge is 2.38. The smallest absolute Gasteiger partial charge is 0.203 e. The Morgan fingerprint density at radius 2 is 1.58 bits per heavy atom. The molecule has 0 saturated carbocycles. The number of fused-ring (bicyclic) bond motifs is 1. The van der Waals surface area contributed by atoms with E-state index in [4.69, 9.17) is 4.74 Å². The number of hydrogen-bond donors (Lipinski definition) is 1. The molecule has 0 unspecified atom stereocenters. The minimum atomic E-state index is -0.599. The molecule has 128 valence electrons. The SMILES string of the molecule is Cc1ccc(N2[C@@H](C#N)c3ccccc3O[C@H]2c2ccccc2O)cc1. The van der Waals surface area contributed by atoms with Crippen LogP contribution in [0.3, 0.4) is 0 Å². The fraction of sp³-hybridized carbons (Fsp3) is 0.136. The quantitative estimate of drug-likeness (QED) is 0.722. The summed E-state index contributed by atoms with van der Waals surface area (Å²) in [5.41, 5.74) is 3.45. The lowest BCUT2D eigenvalue weighted by atomic mass is 9.99. The Hall–Kier alpha value is -3.45. The Kier molecular flexibility index (Phi) is 3.98. The van der Waals surface area contributed by atoms with Gasteiger partial charge < -0.3 is 14.7 Å². The number of nitrogens with zero attached hydrogens (tertiary/aromatic N) is 2. The fourth-order valence-corrected chi connectivity index (χ4v) is 3.32. The van der Waals surface area contributed by atoms with Gasteiger partial charge in [-0.15, -0.1) is 0 Å². The molecule has 0 bridgehead atoms. The molecule has 1 aliphatic heterocycles. The summed E-state index contributed by atoms with van der Waals surface area (Å²) in [6.07, 6.45) is -0.599. The summed E-state index contributed by atoms with van der Waals surface area (Å²) in [5.74, 6) is 0.807. The van der Waals surface area contributed by atoms with Gasteiger partial charge in [0.05, 0.1) is 11.6 Å². The Bertz CT molecular complexity index is 976. The second-order valence-corrected chi connectivity index (χ2v) is 6.34. The monoisotopic (exact) mass is 342 g/mol. The zero-order valence-electron chi connectivity index (χ0n) is 14.3. The van der Waals surface area contributed by atoms with Gasteiger partial charge in [0.1, 0.15) is 17.5 Å². The molecule has 0 aromatic heterocycles. The number of para-hydroxylation sites is 2. The van der Waals surface area contributed by atoms with Crippen LogP contribution in [-0.2, 0) is 0 Å². The van der Waals surface area contributed by atoms with Crippen molar-refractivity contribution >= 4 is 5.69 Å². The van der Waals surface area contributed by atoms with Crippen molar-refractivity contribution in [2.45, 2.75) is 19.2 Å². The summed E-state index contributed by atoms with van der Waals surface area (Å²) in [7, 11) is 0. The van der Waals surface area contributed by atoms with Gasteiger partial charge >= 0.3 is 0 Å². The molecule has 0 spiro atoms. The van der Waals surface area contributed by atoms with Crippen molar-refractivity contribution in [3.05, 3.63) is 89.5 Å². The van der Waals surface area contributed by atoms with Gasteiger partial charge in [0.25, 0.3) is 0 Å². The summed E-state index contributed by atoms with van der Waals surface area (Å²) in [6.45, 7) is 2.02. The lowest BCUT2D eigenvalue weighted by Crippen LogP contribution is -2.39. The van der Waals surface area contributed by atoms with Crippen molar-refractivity contribution in [3.63, 3.8) is 0 Å². The number of aryl methyl sites for hydroxylation is 1. The minimum Gasteiger partial charge on any atom is -0.507 e. The van der Waals surface area contributed by atoms with Crippen LogP contribution in [-0.4, -0.2) is 5.11 Å². The second kappa shape index (κ2) is 6.45. The van der Waals surface area contributed by atoms with E-state index in [0.29, 0.717) is 11.3 Å². The molecule has 26 heavy (non-hydrogen) atoms. The van der Waals surface area contributed by atoms with Gasteiger partial charge in [-0.25, -0.2) is 0 Å². The largest absolute Gasteiger partial charge is 0.507 e. The molecule has 0 aliphatic carbocycles. The van der Waals surface area contributed by atoms with Crippen LogP contribution in [0.2, 0.25) is 0 Å². The van der Waals surface area contributed by atoms with Gasteiger partial charge in [-0.05, 0) is 37.3 Å². The third-order valence-corrected chi connectivity index (χ3v) is 4.64. The van der Waals surface area contributed by atoms with Crippen LogP contribution in [0.15, 0.2) is 72.8 Å². The van der Waals surface area contributed by atoms with E-state index >= 15 is 0 Å². The van der Waals surface area contributed by atoms with E-state index in [-0.39, 0.29) is 5.75 Å². The Labute approximate surface area is 152 Å². The first kappa shape index (κ1) is 16.0. The zero-order valence-corrected chi connectivity index (χ0v) is 14.3. The lowest BCUT2D eigenvalue weighted by Gasteiger charge is -2.41. The molecule has 0 amide bonds. The third kappa shape index (κ3) is 2.64. The summed E-state index contributed by atoms with van der Waals surface area (Å²) in [4.78, 5) is 1.91. The Morgan fingerprint density at radius 1 is 0.923 bits per heavy atom. The number of ether oxygens (including phenoxy) is 1. The predicted molar refractivity (Wildman–Crippen MR) is 99.9 cm³/mol. The lowest BCUT2D eigenvalue weighted by molar-refractivity contribution is 0.168. The van der Waals surface area contributed by atoms with Crippen molar-refractivity contribution in [3.8, 4) is 17.6 Å². The molecule has 1 N–H and O–H groups in total. The van der Waals surface area contributed by atoms with Crippen LogP contribution >= 0.6 is 0 Å². The maximum absolute atomic E-state index is 10.4. The van der Waals surface area contributed by atoms with Gasteiger partial charge in [-0.1, -0.05) is 48.0 Å². The molecular formula is C22H18N2O2. The molecule has 4 heteroatoms. The van der Waals surface area contributed by atoms with E-state index in [1.54, 1.807) is 12.1 Å². The number of anilines is 1. The third-order valence-electron chi connectivity index (χ3n) is 4.64. The van der Waals surface area contributed by atoms with Gasteiger partial charge in [-0.2, -0.15) is 5.26 Å². The summed E-state index contributed by atoms with van der Waals surface area (Å²) in [6, 6.07) is 24.5. The molecule has 1 heterocycles. The summed E-state index contributed by atoms with van der Waals surface area (Å²) < 4.78 is 6.24. The molecule has 0 radical (unpaired) electrons.